The summed E-state index contributed by atoms with van der Waals surface area (Å²) in [6.45, 7) is 4.12. The third-order valence-electron chi connectivity index (χ3n) is 8.18. The van der Waals surface area contributed by atoms with Crippen LogP contribution in [0.4, 0.5) is 0 Å². The zero-order valence-electron chi connectivity index (χ0n) is 22.5. The van der Waals surface area contributed by atoms with Gasteiger partial charge >= 0.3 is 0 Å². The van der Waals surface area contributed by atoms with Crippen molar-refractivity contribution in [1.29, 1.82) is 0 Å². The predicted molar refractivity (Wildman–Crippen MR) is 154 cm³/mol. The molecule has 0 aliphatic carbocycles. The predicted octanol–water partition coefficient (Wildman–Crippen LogP) is 5.94. The lowest BCUT2D eigenvalue weighted by atomic mass is 9.95. The Hall–Kier alpha value is -3.91. The van der Waals surface area contributed by atoms with Gasteiger partial charge in [-0.25, -0.2) is 4.98 Å². The van der Waals surface area contributed by atoms with Crippen molar-refractivity contribution >= 4 is 34.8 Å². The number of halogens is 1. The number of nitrogens with one attached hydrogen (secondary N) is 2. The first kappa shape index (κ1) is 26.3. The van der Waals surface area contributed by atoms with Gasteiger partial charge in [0.05, 0.1) is 11.6 Å². The lowest BCUT2D eigenvalue weighted by Crippen LogP contribution is -2.45. The summed E-state index contributed by atoms with van der Waals surface area (Å²) < 4.78 is 6.20. The van der Waals surface area contributed by atoms with E-state index in [9.17, 15) is 9.59 Å². The van der Waals surface area contributed by atoms with E-state index in [0.717, 1.165) is 54.1 Å². The second-order valence-corrected chi connectivity index (χ2v) is 11.5. The molecule has 2 fully saturated rings. The number of nitrogens with zero attached hydrogens (tertiary/aromatic N) is 3. The van der Waals surface area contributed by atoms with Crippen LogP contribution in [0.3, 0.4) is 0 Å². The van der Waals surface area contributed by atoms with Gasteiger partial charge in [-0.2, -0.15) is 5.10 Å². The molecule has 2 aromatic carbocycles. The molecular weight excluding hydrogens is 526 g/mol. The Morgan fingerprint density at radius 1 is 1.12 bits per heavy atom. The summed E-state index contributed by atoms with van der Waals surface area (Å²) in [5.74, 6) is 0.535. The van der Waals surface area contributed by atoms with Gasteiger partial charge in [0.1, 0.15) is 11.8 Å². The van der Waals surface area contributed by atoms with Gasteiger partial charge in [-0.1, -0.05) is 43.6 Å². The number of benzene rings is 2. The smallest absolute Gasteiger partial charge is 0.251 e. The Morgan fingerprint density at radius 3 is 2.58 bits per heavy atom. The van der Waals surface area contributed by atoms with Gasteiger partial charge in [-0.3, -0.25) is 14.7 Å². The number of hydrogen-bond donors (Lipinski definition) is 2. The summed E-state index contributed by atoms with van der Waals surface area (Å²) in [5, 5.41) is 12.2. The molecule has 40 heavy (non-hydrogen) atoms. The van der Waals surface area contributed by atoms with Crippen molar-refractivity contribution in [2.45, 2.75) is 63.8 Å². The number of carbonyl (C=O) groups excluding carboxylic acids is 2. The minimum atomic E-state index is -0.224. The summed E-state index contributed by atoms with van der Waals surface area (Å²) in [6, 6.07) is 17.2. The first-order valence-corrected chi connectivity index (χ1v) is 14.2. The largest absolute Gasteiger partial charge is 0.474 e. The second-order valence-electron chi connectivity index (χ2n) is 11.1. The van der Waals surface area contributed by atoms with Crippen LogP contribution in [0.25, 0.3) is 22.2 Å². The van der Waals surface area contributed by atoms with E-state index >= 15 is 0 Å². The molecule has 0 spiro atoms. The highest BCUT2D eigenvalue weighted by atomic mass is 35.5. The number of aromatic nitrogens is 3. The maximum atomic E-state index is 13.3. The molecule has 9 heteroatoms. The molecule has 4 atom stereocenters. The summed E-state index contributed by atoms with van der Waals surface area (Å²) in [5.41, 5.74) is 3.80. The molecule has 2 aromatic heterocycles. The normalized spacial score (nSPS) is 21.0. The standard InChI is InChI=1S/C31H32ClN5O3/c1-18(2)29(24-5-3-4-6-26(24)32)34-31(39)19-7-11-27-25(13-19)30(36-35-27)20-8-12-28(33-16-20)40-23-14-21-9-10-22(15-23)37(21)17-38/h3-8,11-13,16-18,21-23,29H,9-10,14-15H2,1-2H3,(H,34,39)(H,35,36)/t21-,22+,23-,29-/m0/s1. The fourth-order valence-electron chi connectivity index (χ4n) is 6.12. The molecular formula is C31H32ClN5O3. The van der Waals surface area contributed by atoms with Crippen LogP contribution in [0.5, 0.6) is 5.88 Å². The fraction of sp³-hybridized carbons (Fsp3) is 0.355. The monoisotopic (exact) mass is 557 g/mol. The number of hydrogen-bond acceptors (Lipinski definition) is 5. The zero-order valence-corrected chi connectivity index (χ0v) is 23.3. The van der Waals surface area contributed by atoms with Crippen molar-refractivity contribution < 1.29 is 14.3 Å². The van der Waals surface area contributed by atoms with Crippen LogP contribution in [-0.2, 0) is 4.79 Å². The van der Waals surface area contributed by atoms with Crippen molar-refractivity contribution in [2.24, 2.45) is 5.92 Å². The van der Waals surface area contributed by atoms with Crippen molar-refractivity contribution in [2.75, 3.05) is 0 Å². The molecule has 0 radical (unpaired) electrons. The van der Waals surface area contributed by atoms with E-state index in [1.165, 1.54) is 0 Å². The average Bonchev–Trinajstić information content (AvgIpc) is 3.49. The number of amides is 2. The Kier molecular flexibility index (Phi) is 7.19. The van der Waals surface area contributed by atoms with Crippen LogP contribution in [0.2, 0.25) is 5.02 Å². The van der Waals surface area contributed by atoms with Crippen molar-refractivity contribution in [3.63, 3.8) is 0 Å². The summed E-state index contributed by atoms with van der Waals surface area (Å²) in [6.07, 6.45) is 6.54. The highest BCUT2D eigenvalue weighted by Gasteiger charge is 2.41. The first-order chi connectivity index (χ1) is 19.4. The van der Waals surface area contributed by atoms with Gasteiger partial charge < -0.3 is 15.0 Å². The molecule has 2 N–H and O–H groups in total. The number of ether oxygens (including phenoxy) is 1. The Bertz CT molecular complexity index is 1520. The molecule has 0 saturated carbocycles. The molecule has 2 amide bonds. The molecule has 2 saturated heterocycles. The number of carbonyl (C=O) groups is 2. The van der Waals surface area contributed by atoms with Crippen LogP contribution in [-0.4, -0.2) is 50.6 Å². The third kappa shape index (κ3) is 5.04. The maximum absolute atomic E-state index is 13.3. The lowest BCUT2D eigenvalue weighted by molar-refractivity contribution is -0.123. The zero-order chi connectivity index (χ0) is 27.8. The topological polar surface area (TPSA) is 100 Å². The molecule has 4 aromatic rings. The van der Waals surface area contributed by atoms with E-state index in [4.69, 9.17) is 16.3 Å². The fourth-order valence-corrected chi connectivity index (χ4v) is 6.38. The van der Waals surface area contributed by atoms with E-state index in [2.05, 4.69) is 34.3 Å². The number of aromatic amines is 1. The summed E-state index contributed by atoms with van der Waals surface area (Å²) in [7, 11) is 0. The minimum Gasteiger partial charge on any atom is -0.474 e. The van der Waals surface area contributed by atoms with Crippen molar-refractivity contribution in [1.82, 2.24) is 25.4 Å². The molecule has 2 aliphatic rings. The van der Waals surface area contributed by atoms with Gasteiger partial charge in [0.2, 0.25) is 12.3 Å². The number of rotatable bonds is 8. The Labute approximate surface area is 238 Å². The Morgan fingerprint density at radius 2 is 1.90 bits per heavy atom. The number of H-pyrrole nitrogens is 1. The first-order valence-electron chi connectivity index (χ1n) is 13.8. The van der Waals surface area contributed by atoms with E-state index in [0.29, 0.717) is 22.2 Å². The summed E-state index contributed by atoms with van der Waals surface area (Å²) in [4.78, 5) is 31.2. The van der Waals surface area contributed by atoms with Gasteiger partial charge in [0.15, 0.2) is 0 Å². The van der Waals surface area contributed by atoms with Gasteiger partial charge in [-0.05, 0) is 54.7 Å². The lowest BCUT2D eigenvalue weighted by Gasteiger charge is -2.36. The van der Waals surface area contributed by atoms with Crippen LogP contribution in [0.15, 0.2) is 60.8 Å². The minimum absolute atomic E-state index is 0.0553. The highest BCUT2D eigenvalue weighted by Crippen LogP contribution is 2.36. The second kappa shape index (κ2) is 10.9. The molecule has 206 valence electrons. The quantitative estimate of drug-likeness (QED) is 0.261. The Balaban J connectivity index is 1.19. The maximum Gasteiger partial charge on any atom is 0.251 e. The number of pyridine rings is 1. The van der Waals surface area contributed by atoms with Crippen molar-refractivity contribution in [3.8, 4) is 17.1 Å². The SMILES string of the molecule is CC(C)[C@H](NC(=O)c1ccc2[nH]nc(-c3ccc(O[C@@H]4C[C@H]5CC[C@@H](C4)N5C=O)nc3)c2c1)c1ccccc1Cl. The number of piperidine rings is 1. The van der Waals surface area contributed by atoms with Crippen LogP contribution >= 0.6 is 11.6 Å². The molecule has 8 nitrogen and oxygen atoms in total. The van der Waals surface area contributed by atoms with Crippen LogP contribution < -0.4 is 10.1 Å². The van der Waals surface area contributed by atoms with Crippen LogP contribution in [0, 0.1) is 5.92 Å². The molecule has 4 heterocycles. The molecule has 2 aliphatic heterocycles. The van der Waals surface area contributed by atoms with Gasteiger partial charge in [-0.15, -0.1) is 0 Å². The molecule has 6 rings (SSSR count). The van der Waals surface area contributed by atoms with Crippen molar-refractivity contribution in [3.05, 3.63) is 76.9 Å². The van der Waals surface area contributed by atoms with E-state index < -0.39 is 0 Å². The van der Waals surface area contributed by atoms with Gasteiger partial charge in [0.25, 0.3) is 5.91 Å². The van der Waals surface area contributed by atoms with E-state index in [1.807, 2.05) is 53.4 Å². The van der Waals surface area contributed by atoms with E-state index in [-0.39, 0.29) is 36.1 Å². The molecule has 0 unspecified atom stereocenters. The summed E-state index contributed by atoms with van der Waals surface area (Å²) >= 11 is 6.44. The third-order valence-corrected chi connectivity index (χ3v) is 8.53. The number of fused-ring (bicyclic) bond motifs is 3. The molecule has 2 bridgehead atoms. The van der Waals surface area contributed by atoms with E-state index in [1.54, 1.807) is 12.3 Å². The van der Waals surface area contributed by atoms with Crippen LogP contribution in [0.1, 0.15) is 61.5 Å². The highest BCUT2D eigenvalue weighted by molar-refractivity contribution is 6.31. The van der Waals surface area contributed by atoms with Gasteiger partial charge in [0, 0.05) is 58.7 Å². The average molecular weight is 558 g/mol.